The first-order valence-electron chi connectivity index (χ1n) is 6.16. The maximum Gasteiger partial charge on any atom is 0.303 e. The molecular weight excluding hydrogens is 230 g/mol. The third kappa shape index (κ3) is 4.99. The van der Waals surface area contributed by atoms with Gasteiger partial charge in [0.2, 0.25) is 5.91 Å². The van der Waals surface area contributed by atoms with Crippen LogP contribution in [0.3, 0.4) is 0 Å². The molecule has 1 aromatic rings. The Morgan fingerprint density at radius 2 is 1.78 bits per heavy atom. The fraction of sp³-hybridized carbons (Fsp3) is 0.429. The van der Waals surface area contributed by atoms with Crippen LogP contribution in [0.15, 0.2) is 30.3 Å². The quantitative estimate of drug-likeness (QED) is 0.756. The zero-order valence-corrected chi connectivity index (χ0v) is 10.6. The first-order chi connectivity index (χ1) is 8.61. The molecule has 0 fully saturated rings. The molecule has 98 valence electrons. The number of carboxylic acids is 1. The number of aliphatic carboxylic acids is 1. The van der Waals surface area contributed by atoms with Crippen LogP contribution in [0.1, 0.15) is 32.6 Å². The number of nitrogens with zero attached hydrogens (tertiary/aromatic N) is 1. The number of carbonyl (C=O) groups is 2. The van der Waals surface area contributed by atoms with Crippen molar-refractivity contribution >= 4 is 17.6 Å². The van der Waals surface area contributed by atoms with E-state index in [0.29, 0.717) is 13.0 Å². The van der Waals surface area contributed by atoms with E-state index in [1.165, 1.54) is 0 Å². The highest BCUT2D eigenvalue weighted by atomic mass is 16.4. The minimum Gasteiger partial charge on any atom is -0.481 e. The Hall–Kier alpha value is -1.84. The average Bonchev–Trinajstić information content (AvgIpc) is 2.34. The van der Waals surface area contributed by atoms with E-state index in [0.717, 1.165) is 18.5 Å². The van der Waals surface area contributed by atoms with E-state index >= 15 is 0 Å². The average molecular weight is 249 g/mol. The predicted octanol–water partition coefficient (Wildman–Crippen LogP) is 2.68. The van der Waals surface area contributed by atoms with Gasteiger partial charge in [0, 0.05) is 25.6 Å². The van der Waals surface area contributed by atoms with Crippen molar-refractivity contribution < 1.29 is 14.7 Å². The van der Waals surface area contributed by atoms with E-state index in [9.17, 15) is 9.59 Å². The Labute approximate surface area is 107 Å². The van der Waals surface area contributed by atoms with Gasteiger partial charge < -0.3 is 10.0 Å². The van der Waals surface area contributed by atoms with E-state index in [-0.39, 0.29) is 12.3 Å². The van der Waals surface area contributed by atoms with Gasteiger partial charge in [-0.2, -0.15) is 0 Å². The Kier molecular flexibility index (Phi) is 5.91. The lowest BCUT2D eigenvalue weighted by Gasteiger charge is -2.21. The van der Waals surface area contributed by atoms with Crippen molar-refractivity contribution in [1.29, 1.82) is 0 Å². The molecule has 0 aliphatic heterocycles. The first kappa shape index (κ1) is 14.2. The van der Waals surface area contributed by atoms with E-state index in [4.69, 9.17) is 5.11 Å². The lowest BCUT2D eigenvalue weighted by Crippen LogP contribution is -2.29. The summed E-state index contributed by atoms with van der Waals surface area (Å²) in [5, 5.41) is 8.52. The van der Waals surface area contributed by atoms with Crippen molar-refractivity contribution in [3.63, 3.8) is 0 Å². The molecule has 4 heteroatoms. The lowest BCUT2D eigenvalue weighted by atomic mass is 10.2. The molecule has 0 spiro atoms. The number of rotatable bonds is 7. The van der Waals surface area contributed by atoms with Crippen molar-refractivity contribution in [2.75, 3.05) is 11.4 Å². The molecule has 0 bridgehead atoms. The monoisotopic (exact) mass is 249 g/mol. The van der Waals surface area contributed by atoms with Gasteiger partial charge in [-0.1, -0.05) is 24.6 Å². The van der Waals surface area contributed by atoms with Crippen molar-refractivity contribution in [2.45, 2.75) is 32.6 Å². The molecule has 0 aliphatic carbocycles. The van der Waals surface area contributed by atoms with Crippen molar-refractivity contribution in [1.82, 2.24) is 0 Å². The zero-order chi connectivity index (χ0) is 13.4. The number of carboxylic acid groups (broad SMARTS) is 1. The standard InChI is InChI=1S/C14H19NO3/c1-12(16)15(13-8-4-2-5-9-13)11-7-3-6-10-14(17)18/h2,4-5,8-9H,3,6-7,10-11H2,1H3,(H,17,18). The van der Waals surface area contributed by atoms with Gasteiger partial charge in [-0.25, -0.2) is 0 Å². The highest BCUT2D eigenvalue weighted by Crippen LogP contribution is 2.14. The van der Waals surface area contributed by atoms with Gasteiger partial charge in [0.25, 0.3) is 0 Å². The molecule has 1 amide bonds. The van der Waals surface area contributed by atoms with Gasteiger partial charge in [-0.05, 0) is 25.0 Å². The Balaban J connectivity index is 2.41. The molecular formula is C14H19NO3. The molecule has 1 aromatic carbocycles. The Morgan fingerprint density at radius 1 is 1.11 bits per heavy atom. The van der Waals surface area contributed by atoms with Crippen LogP contribution in [-0.4, -0.2) is 23.5 Å². The van der Waals surface area contributed by atoms with Gasteiger partial charge >= 0.3 is 5.97 Å². The molecule has 1 N–H and O–H groups in total. The fourth-order valence-corrected chi connectivity index (χ4v) is 1.80. The molecule has 0 saturated carbocycles. The summed E-state index contributed by atoms with van der Waals surface area (Å²) in [5.74, 6) is -0.749. The Morgan fingerprint density at radius 3 is 2.33 bits per heavy atom. The minimum atomic E-state index is -0.763. The maximum absolute atomic E-state index is 11.5. The third-order valence-electron chi connectivity index (χ3n) is 2.72. The van der Waals surface area contributed by atoms with Gasteiger partial charge in [0.15, 0.2) is 0 Å². The number of benzene rings is 1. The second-order valence-corrected chi connectivity index (χ2v) is 4.21. The highest BCUT2D eigenvalue weighted by molar-refractivity contribution is 5.91. The van der Waals surface area contributed by atoms with Crippen molar-refractivity contribution in [2.24, 2.45) is 0 Å². The van der Waals surface area contributed by atoms with Gasteiger partial charge in [0.05, 0.1) is 0 Å². The topological polar surface area (TPSA) is 57.6 Å². The number of anilines is 1. The van der Waals surface area contributed by atoms with Gasteiger partial charge in [-0.15, -0.1) is 0 Å². The summed E-state index contributed by atoms with van der Waals surface area (Å²) < 4.78 is 0. The zero-order valence-electron chi connectivity index (χ0n) is 10.6. The molecule has 0 saturated heterocycles. The number of amides is 1. The molecule has 4 nitrogen and oxygen atoms in total. The summed E-state index contributed by atoms with van der Waals surface area (Å²) in [6.45, 7) is 2.18. The molecule has 0 aliphatic rings. The number of hydrogen-bond donors (Lipinski definition) is 1. The van der Waals surface area contributed by atoms with E-state index < -0.39 is 5.97 Å². The van der Waals surface area contributed by atoms with Crippen LogP contribution < -0.4 is 4.90 Å². The summed E-state index contributed by atoms with van der Waals surface area (Å²) >= 11 is 0. The largest absolute Gasteiger partial charge is 0.481 e. The first-order valence-corrected chi connectivity index (χ1v) is 6.16. The van der Waals surface area contributed by atoms with Crippen LogP contribution in [0.5, 0.6) is 0 Å². The summed E-state index contributed by atoms with van der Waals surface area (Å²) in [5.41, 5.74) is 0.892. The summed E-state index contributed by atoms with van der Waals surface area (Å²) in [6, 6.07) is 9.51. The van der Waals surface area contributed by atoms with Crippen molar-refractivity contribution in [3.8, 4) is 0 Å². The van der Waals surface area contributed by atoms with E-state index in [1.54, 1.807) is 11.8 Å². The van der Waals surface area contributed by atoms with Crippen molar-refractivity contribution in [3.05, 3.63) is 30.3 Å². The lowest BCUT2D eigenvalue weighted by molar-refractivity contribution is -0.137. The molecule has 0 radical (unpaired) electrons. The van der Waals surface area contributed by atoms with Crippen LogP contribution in [0, 0.1) is 0 Å². The summed E-state index contributed by atoms with van der Waals surface area (Å²) in [4.78, 5) is 23.6. The molecule has 0 atom stereocenters. The van der Waals surface area contributed by atoms with Crippen LogP contribution in [0.2, 0.25) is 0 Å². The Bertz CT molecular complexity index is 389. The molecule has 0 unspecified atom stereocenters. The number of carbonyl (C=O) groups excluding carboxylic acids is 1. The number of unbranched alkanes of at least 4 members (excludes halogenated alkanes) is 2. The number of para-hydroxylation sites is 1. The molecule has 1 rings (SSSR count). The van der Waals surface area contributed by atoms with Crippen LogP contribution in [0.25, 0.3) is 0 Å². The molecule has 18 heavy (non-hydrogen) atoms. The summed E-state index contributed by atoms with van der Waals surface area (Å²) in [7, 11) is 0. The van der Waals surface area contributed by atoms with E-state index in [1.807, 2.05) is 30.3 Å². The van der Waals surface area contributed by atoms with Crippen LogP contribution >= 0.6 is 0 Å². The predicted molar refractivity (Wildman–Crippen MR) is 70.6 cm³/mol. The van der Waals surface area contributed by atoms with Crippen LogP contribution in [0.4, 0.5) is 5.69 Å². The second-order valence-electron chi connectivity index (χ2n) is 4.21. The molecule has 0 heterocycles. The number of hydrogen-bond acceptors (Lipinski definition) is 2. The SMILES string of the molecule is CC(=O)N(CCCCCC(=O)O)c1ccccc1. The minimum absolute atomic E-state index is 0.0134. The molecule has 0 aromatic heterocycles. The fourth-order valence-electron chi connectivity index (χ4n) is 1.80. The van der Waals surface area contributed by atoms with E-state index in [2.05, 4.69) is 0 Å². The van der Waals surface area contributed by atoms with Gasteiger partial charge in [0.1, 0.15) is 0 Å². The maximum atomic E-state index is 11.5. The highest BCUT2D eigenvalue weighted by Gasteiger charge is 2.10. The third-order valence-corrected chi connectivity index (χ3v) is 2.72. The normalized spacial score (nSPS) is 10.1. The van der Waals surface area contributed by atoms with Gasteiger partial charge in [-0.3, -0.25) is 9.59 Å². The second kappa shape index (κ2) is 7.48. The smallest absolute Gasteiger partial charge is 0.303 e. The summed E-state index contributed by atoms with van der Waals surface area (Å²) in [6.07, 6.45) is 2.51. The van der Waals surface area contributed by atoms with Crippen LogP contribution in [-0.2, 0) is 9.59 Å².